The normalized spacial score (nSPS) is 17.6. The molecule has 1 unspecified atom stereocenters. The van der Waals surface area contributed by atoms with E-state index in [0.29, 0.717) is 29.1 Å². The molecule has 1 aliphatic rings. The first-order valence-corrected chi connectivity index (χ1v) is 7.35. The summed E-state index contributed by atoms with van der Waals surface area (Å²) < 4.78 is 0. The van der Waals surface area contributed by atoms with E-state index in [0.717, 1.165) is 24.9 Å². The van der Waals surface area contributed by atoms with E-state index in [4.69, 9.17) is 23.2 Å². The summed E-state index contributed by atoms with van der Waals surface area (Å²) in [6.45, 7) is 1.63. The van der Waals surface area contributed by atoms with Crippen LogP contribution in [0, 0.1) is 0 Å². The third-order valence-corrected chi connectivity index (χ3v) is 3.91. The highest BCUT2D eigenvalue weighted by atomic mass is 35.5. The lowest BCUT2D eigenvalue weighted by atomic mass is 10.1. The van der Waals surface area contributed by atoms with Crippen LogP contribution in [-0.2, 0) is 11.2 Å². The van der Waals surface area contributed by atoms with E-state index in [1.807, 2.05) is 12.1 Å². The van der Waals surface area contributed by atoms with E-state index in [2.05, 4.69) is 10.6 Å². The van der Waals surface area contributed by atoms with Crippen LogP contribution in [0.3, 0.4) is 0 Å². The fraction of sp³-hybridized carbons (Fsp3) is 0.500. The van der Waals surface area contributed by atoms with Crippen molar-refractivity contribution in [2.75, 3.05) is 13.1 Å². The molecule has 0 spiro atoms. The Balaban J connectivity index is 0.00000200. The van der Waals surface area contributed by atoms with Crippen LogP contribution in [-0.4, -0.2) is 25.0 Å². The maximum atomic E-state index is 11.7. The number of rotatable bonds is 5. The topological polar surface area (TPSA) is 41.1 Å². The van der Waals surface area contributed by atoms with Gasteiger partial charge in [-0.25, -0.2) is 0 Å². The Bertz CT molecular complexity index is 448. The predicted molar refractivity (Wildman–Crippen MR) is 86.1 cm³/mol. The zero-order chi connectivity index (χ0) is 13.7. The summed E-state index contributed by atoms with van der Waals surface area (Å²) in [6.07, 6.45) is 3.54. The molecule has 0 aromatic heterocycles. The lowest BCUT2D eigenvalue weighted by Gasteiger charge is -2.11. The van der Waals surface area contributed by atoms with Crippen molar-refractivity contribution in [3.05, 3.63) is 33.8 Å². The summed E-state index contributed by atoms with van der Waals surface area (Å²) in [5, 5.41) is 7.53. The van der Waals surface area contributed by atoms with Gasteiger partial charge in [-0.3, -0.25) is 4.79 Å². The van der Waals surface area contributed by atoms with E-state index in [1.54, 1.807) is 6.07 Å². The first-order valence-electron chi connectivity index (χ1n) is 6.59. The van der Waals surface area contributed by atoms with Gasteiger partial charge in [0.1, 0.15) is 0 Å². The highest BCUT2D eigenvalue weighted by Gasteiger charge is 2.17. The third kappa shape index (κ3) is 5.49. The van der Waals surface area contributed by atoms with Crippen molar-refractivity contribution in [2.24, 2.45) is 0 Å². The van der Waals surface area contributed by atoms with E-state index in [9.17, 15) is 4.79 Å². The Morgan fingerprint density at radius 3 is 2.85 bits per heavy atom. The van der Waals surface area contributed by atoms with Crippen molar-refractivity contribution in [1.29, 1.82) is 0 Å². The fourth-order valence-corrected chi connectivity index (χ4v) is 2.79. The van der Waals surface area contributed by atoms with Crippen LogP contribution >= 0.6 is 35.6 Å². The quantitative estimate of drug-likeness (QED) is 0.866. The van der Waals surface area contributed by atoms with Crippen molar-refractivity contribution < 1.29 is 4.79 Å². The van der Waals surface area contributed by atoms with Crippen LogP contribution in [0.2, 0.25) is 10.0 Å². The fourth-order valence-electron chi connectivity index (χ4n) is 2.29. The molecule has 1 fully saturated rings. The van der Waals surface area contributed by atoms with Gasteiger partial charge in [0, 0.05) is 29.1 Å². The second-order valence-electron chi connectivity index (χ2n) is 4.83. The Hall–Kier alpha value is -0.480. The average molecular weight is 338 g/mol. The molecule has 6 heteroatoms. The van der Waals surface area contributed by atoms with Crippen LogP contribution in [0.5, 0.6) is 0 Å². The second-order valence-corrected chi connectivity index (χ2v) is 5.68. The van der Waals surface area contributed by atoms with Crippen LogP contribution in [0.25, 0.3) is 0 Å². The van der Waals surface area contributed by atoms with Crippen molar-refractivity contribution >= 4 is 41.5 Å². The first-order chi connectivity index (χ1) is 9.15. The van der Waals surface area contributed by atoms with Crippen molar-refractivity contribution in [2.45, 2.75) is 31.7 Å². The highest BCUT2D eigenvalue weighted by molar-refractivity contribution is 6.35. The molecule has 112 valence electrons. The molecular formula is C14H19Cl3N2O. The number of hydrogen-bond donors (Lipinski definition) is 2. The minimum atomic E-state index is 0. The molecule has 2 rings (SSSR count). The molecule has 1 aliphatic heterocycles. The summed E-state index contributed by atoms with van der Waals surface area (Å²) in [7, 11) is 0. The van der Waals surface area contributed by atoms with Gasteiger partial charge in [0.25, 0.3) is 0 Å². The van der Waals surface area contributed by atoms with Crippen molar-refractivity contribution in [3.63, 3.8) is 0 Å². The van der Waals surface area contributed by atoms with Crippen LogP contribution in [0.1, 0.15) is 24.8 Å². The third-order valence-electron chi connectivity index (χ3n) is 3.33. The number of benzene rings is 1. The number of carbonyl (C=O) groups is 1. The monoisotopic (exact) mass is 336 g/mol. The van der Waals surface area contributed by atoms with Gasteiger partial charge in [-0.2, -0.15) is 0 Å². The summed E-state index contributed by atoms with van der Waals surface area (Å²) in [6, 6.07) is 5.78. The Morgan fingerprint density at radius 2 is 2.20 bits per heavy atom. The minimum Gasteiger partial charge on any atom is -0.356 e. The Labute approximate surface area is 135 Å². The summed E-state index contributed by atoms with van der Waals surface area (Å²) in [5.74, 6) is 0.101. The SMILES string of the molecule is Cl.O=C(CC1CCCN1)NCCc1ccc(Cl)cc1Cl. The Kier molecular flexibility index (Phi) is 7.67. The maximum absolute atomic E-state index is 11.7. The van der Waals surface area contributed by atoms with Gasteiger partial charge in [0.15, 0.2) is 0 Å². The second kappa shape index (κ2) is 8.73. The van der Waals surface area contributed by atoms with Crippen LogP contribution < -0.4 is 10.6 Å². The molecule has 2 N–H and O–H groups in total. The molecule has 1 aromatic carbocycles. The summed E-state index contributed by atoms with van der Waals surface area (Å²) in [5.41, 5.74) is 1.00. The van der Waals surface area contributed by atoms with Crippen LogP contribution in [0.4, 0.5) is 0 Å². The number of carbonyl (C=O) groups excluding carboxylic acids is 1. The van der Waals surface area contributed by atoms with Gasteiger partial charge in [0.2, 0.25) is 5.91 Å². The van der Waals surface area contributed by atoms with Gasteiger partial charge in [-0.05, 0) is 43.5 Å². The van der Waals surface area contributed by atoms with E-state index in [-0.39, 0.29) is 18.3 Å². The van der Waals surface area contributed by atoms with Gasteiger partial charge in [-0.1, -0.05) is 29.3 Å². The number of amides is 1. The average Bonchev–Trinajstić information content (AvgIpc) is 2.84. The first kappa shape index (κ1) is 17.6. The molecule has 0 bridgehead atoms. The van der Waals surface area contributed by atoms with Crippen molar-refractivity contribution in [3.8, 4) is 0 Å². The Morgan fingerprint density at radius 1 is 1.40 bits per heavy atom. The molecule has 0 aliphatic carbocycles. The van der Waals surface area contributed by atoms with Gasteiger partial charge in [0.05, 0.1) is 0 Å². The smallest absolute Gasteiger partial charge is 0.221 e. The standard InChI is InChI=1S/C14H18Cl2N2O.ClH/c15-11-4-3-10(13(16)8-11)5-7-18-14(19)9-12-2-1-6-17-12;/h3-4,8,12,17H,1-2,5-7,9H2,(H,18,19);1H. The molecule has 1 aromatic rings. The van der Waals surface area contributed by atoms with E-state index >= 15 is 0 Å². The molecule has 0 radical (unpaired) electrons. The number of nitrogens with one attached hydrogen (secondary N) is 2. The molecule has 1 saturated heterocycles. The molecule has 3 nitrogen and oxygen atoms in total. The van der Waals surface area contributed by atoms with Crippen LogP contribution in [0.15, 0.2) is 18.2 Å². The van der Waals surface area contributed by atoms with E-state index < -0.39 is 0 Å². The zero-order valence-electron chi connectivity index (χ0n) is 11.1. The predicted octanol–water partition coefficient (Wildman–Crippen LogP) is 3.22. The maximum Gasteiger partial charge on any atom is 0.221 e. The minimum absolute atomic E-state index is 0. The number of hydrogen-bond acceptors (Lipinski definition) is 2. The highest BCUT2D eigenvalue weighted by Crippen LogP contribution is 2.21. The van der Waals surface area contributed by atoms with Crippen molar-refractivity contribution in [1.82, 2.24) is 10.6 Å². The molecular weight excluding hydrogens is 319 g/mol. The van der Waals surface area contributed by atoms with Gasteiger partial charge < -0.3 is 10.6 Å². The summed E-state index contributed by atoms with van der Waals surface area (Å²) >= 11 is 11.9. The largest absolute Gasteiger partial charge is 0.356 e. The van der Waals surface area contributed by atoms with Gasteiger partial charge >= 0.3 is 0 Å². The molecule has 1 atom stereocenters. The lowest BCUT2D eigenvalue weighted by molar-refractivity contribution is -0.121. The molecule has 1 heterocycles. The van der Waals surface area contributed by atoms with Gasteiger partial charge in [-0.15, -0.1) is 12.4 Å². The molecule has 1 amide bonds. The number of halogens is 3. The lowest BCUT2D eigenvalue weighted by Crippen LogP contribution is -2.32. The molecule has 20 heavy (non-hydrogen) atoms. The summed E-state index contributed by atoms with van der Waals surface area (Å²) in [4.78, 5) is 11.7. The molecule has 0 saturated carbocycles. The zero-order valence-corrected chi connectivity index (χ0v) is 13.5. The van der Waals surface area contributed by atoms with E-state index in [1.165, 1.54) is 6.42 Å².